The zero-order valence-electron chi connectivity index (χ0n) is 18.4. The third-order valence-electron chi connectivity index (χ3n) is 6.55. The summed E-state index contributed by atoms with van der Waals surface area (Å²) in [5.41, 5.74) is 4.27. The number of rotatable bonds is 6. The van der Waals surface area contributed by atoms with Crippen molar-refractivity contribution in [3.8, 4) is 0 Å². The second kappa shape index (κ2) is 9.40. The average Bonchev–Trinajstić information content (AvgIpc) is 3.48. The number of benzene rings is 3. The van der Waals surface area contributed by atoms with Gasteiger partial charge >= 0.3 is 0 Å². The Labute approximate surface area is 198 Å². The van der Waals surface area contributed by atoms with Crippen LogP contribution in [-0.2, 0) is 11.3 Å². The second-order valence-corrected chi connectivity index (χ2v) is 9.19. The first-order valence-electron chi connectivity index (χ1n) is 11.4. The smallest absolute Gasteiger partial charge is 0.223 e. The van der Waals surface area contributed by atoms with Crippen LogP contribution in [0, 0.1) is 5.82 Å². The third-order valence-corrected chi connectivity index (χ3v) is 6.78. The SMILES string of the molecule is O=C(CC(c1cccc(Cl)c1)c1cn(Cc2ccc(F)cc2)c2ccccc12)N1CCCC1. The van der Waals surface area contributed by atoms with Gasteiger partial charge in [0.1, 0.15) is 5.82 Å². The number of likely N-dealkylation sites (tertiary alicyclic amines) is 1. The number of nitrogens with zero attached hydrogens (tertiary/aromatic N) is 2. The van der Waals surface area contributed by atoms with Gasteiger partial charge in [0.05, 0.1) is 0 Å². The fourth-order valence-corrected chi connectivity index (χ4v) is 5.07. The van der Waals surface area contributed by atoms with Crippen molar-refractivity contribution in [3.05, 3.63) is 107 Å². The standard InChI is InChI=1S/C28H26ClFN2O/c29-22-7-5-6-21(16-22)25(17-28(33)31-14-3-4-15-31)26-19-32(27-9-2-1-8-24(26)27)18-20-10-12-23(30)13-11-20/h1-2,5-13,16,19,25H,3-4,14-15,17-18H2. The molecular weight excluding hydrogens is 435 g/mol. The zero-order chi connectivity index (χ0) is 22.8. The van der Waals surface area contributed by atoms with Gasteiger partial charge in [-0.25, -0.2) is 4.39 Å². The summed E-state index contributed by atoms with van der Waals surface area (Å²) in [6.45, 7) is 2.31. The molecule has 0 radical (unpaired) electrons. The maximum Gasteiger partial charge on any atom is 0.223 e. The van der Waals surface area contributed by atoms with Crippen molar-refractivity contribution in [3.63, 3.8) is 0 Å². The van der Waals surface area contributed by atoms with Crippen LogP contribution in [0.4, 0.5) is 4.39 Å². The zero-order valence-corrected chi connectivity index (χ0v) is 19.1. The third kappa shape index (κ3) is 4.67. The minimum Gasteiger partial charge on any atom is -0.343 e. The highest BCUT2D eigenvalue weighted by Gasteiger charge is 2.26. The molecule has 1 saturated heterocycles. The Bertz CT molecular complexity index is 1270. The predicted molar refractivity (Wildman–Crippen MR) is 131 cm³/mol. The first-order chi connectivity index (χ1) is 16.1. The summed E-state index contributed by atoms with van der Waals surface area (Å²) < 4.78 is 15.6. The molecule has 3 nitrogen and oxygen atoms in total. The minimum absolute atomic E-state index is 0.101. The maximum absolute atomic E-state index is 13.4. The first kappa shape index (κ1) is 21.7. The van der Waals surface area contributed by atoms with Gasteiger partial charge in [0.15, 0.2) is 0 Å². The van der Waals surface area contributed by atoms with E-state index in [1.54, 1.807) is 0 Å². The van der Waals surface area contributed by atoms with E-state index in [4.69, 9.17) is 11.6 Å². The molecule has 1 atom stereocenters. The topological polar surface area (TPSA) is 25.2 Å². The van der Waals surface area contributed by atoms with Gasteiger partial charge in [-0.3, -0.25) is 4.79 Å². The molecule has 1 unspecified atom stereocenters. The molecule has 33 heavy (non-hydrogen) atoms. The van der Waals surface area contributed by atoms with Crippen molar-refractivity contribution < 1.29 is 9.18 Å². The fourth-order valence-electron chi connectivity index (χ4n) is 4.87. The summed E-state index contributed by atoms with van der Waals surface area (Å²) in [4.78, 5) is 15.2. The molecule has 1 fully saturated rings. The summed E-state index contributed by atoms with van der Waals surface area (Å²) >= 11 is 6.35. The highest BCUT2D eigenvalue weighted by atomic mass is 35.5. The highest BCUT2D eigenvalue weighted by Crippen LogP contribution is 2.36. The summed E-state index contributed by atoms with van der Waals surface area (Å²) in [5, 5.41) is 1.79. The van der Waals surface area contributed by atoms with E-state index in [9.17, 15) is 9.18 Å². The normalized spacial score (nSPS) is 14.7. The van der Waals surface area contributed by atoms with Crippen LogP contribution in [0.5, 0.6) is 0 Å². The molecule has 1 amide bonds. The van der Waals surface area contributed by atoms with E-state index in [1.807, 2.05) is 47.4 Å². The number of fused-ring (bicyclic) bond motifs is 1. The Morgan fingerprint density at radius 1 is 0.970 bits per heavy atom. The summed E-state index contributed by atoms with van der Waals surface area (Å²) in [6.07, 6.45) is 4.71. The van der Waals surface area contributed by atoms with E-state index < -0.39 is 0 Å². The Morgan fingerprint density at radius 3 is 2.48 bits per heavy atom. The average molecular weight is 461 g/mol. The Kier molecular flexibility index (Phi) is 6.19. The molecule has 0 bridgehead atoms. The van der Waals surface area contributed by atoms with Crippen LogP contribution in [0.2, 0.25) is 5.02 Å². The summed E-state index contributed by atoms with van der Waals surface area (Å²) in [5.74, 6) is -0.151. The Morgan fingerprint density at radius 2 is 1.73 bits per heavy atom. The number of hydrogen-bond donors (Lipinski definition) is 0. The van der Waals surface area contributed by atoms with Gasteiger partial charge in [0.2, 0.25) is 5.91 Å². The molecule has 3 aromatic carbocycles. The van der Waals surface area contributed by atoms with E-state index >= 15 is 0 Å². The maximum atomic E-state index is 13.4. The molecule has 0 N–H and O–H groups in total. The van der Waals surface area contributed by atoms with Crippen molar-refractivity contribution in [2.24, 2.45) is 0 Å². The fraction of sp³-hybridized carbons (Fsp3) is 0.250. The number of hydrogen-bond acceptors (Lipinski definition) is 1. The molecule has 0 saturated carbocycles. The van der Waals surface area contributed by atoms with Crippen LogP contribution < -0.4 is 0 Å². The van der Waals surface area contributed by atoms with Gasteiger partial charge in [0, 0.05) is 54.1 Å². The van der Waals surface area contributed by atoms with Gasteiger partial charge in [-0.05, 0) is 59.9 Å². The van der Waals surface area contributed by atoms with Crippen molar-refractivity contribution >= 4 is 28.4 Å². The molecule has 5 rings (SSSR count). The molecule has 0 spiro atoms. The van der Waals surface area contributed by atoms with E-state index in [1.165, 1.54) is 12.1 Å². The van der Waals surface area contributed by atoms with Crippen molar-refractivity contribution in [1.29, 1.82) is 0 Å². The molecule has 2 heterocycles. The van der Waals surface area contributed by atoms with Crippen LogP contribution in [-0.4, -0.2) is 28.5 Å². The molecule has 168 valence electrons. The van der Waals surface area contributed by atoms with Gasteiger partial charge < -0.3 is 9.47 Å². The van der Waals surface area contributed by atoms with Gasteiger partial charge in [-0.15, -0.1) is 0 Å². The monoisotopic (exact) mass is 460 g/mol. The minimum atomic E-state index is -0.238. The highest BCUT2D eigenvalue weighted by molar-refractivity contribution is 6.30. The van der Waals surface area contributed by atoms with Crippen molar-refractivity contribution in [2.75, 3.05) is 13.1 Å². The number of carbonyl (C=O) groups excluding carboxylic acids is 1. The number of halogens is 2. The molecule has 4 aromatic rings. The van der Waals surface area contributed by atoms with Crippen LogP contribution in [0.25, 0.3) is 10.9 Å². The van der Waals surface area contributed by atoms with E-state index in [-0.39, 0.29) is 17.6 Å². The van der Waals surface area contributed by atoms with Crippen LogP contribution >= 0.6 is 11.6 Å². The van der Waals surface area contributed by atoms with Gasteiger partial charge in [-0.2, -0.15) is 0 Å². The lowest BCUT2D eigenvalue weighted by atomic mass is 9.88. The van der Waals surface area contributed by atoms with E-state index in [2.05, 4.69) is 29.0 Å². The molecular formula is C28H26ClFN2O. The number of para-hydroxylation sites is 1. The number of aromatic nitrogens is 1. The molecule has 1 aliphatic heterocycles. The Balaban J connectivity index is 1.57. The van der Waals surface area contributed by atoms with Crippen LogP contribution in [0.1, 0.15) is 41.9 Å². The van der Waals surface area contributed by atoms with Crippen molar-refractivity contribution in [2.45, 2.75) is 31.7 Å². The molecule has 5 heteroatoms. The predicted octanol–water partition coefficient (Wildman–Crippen LogP) is 6.63. The van der Waals surface area contributed by atoms with Gasteiger partial charge in [-0.1, -0.05) is 54.1 Å². The lowest BCUT2D eigenvalue weighted by Gasteiger charge is -2.21. The lowest BCUT2D eigenvalue weighted by molar-refractivity contribution is -0.130. The van der Waals surface area contributed by atoms with Gasteiger partial charge in [0.25, 0.3) is 0 Å². The molecule has 1 aromatic heterocycles. The van der Waals surface area contributed by atoms with Crippen molar-refractivity contribution in [1.82, 2.24) is 9.47 Å². The molecule has 1 aliphatic rings. The molecule has 0 aliphatic carbocycles. The lowest BCUT2D eigenvalue weighted by Crippen LogP contribution is -2.29. The van der Waals surface area contributed by atoms with E-state index in [0.29, 0.717) is 18.0 Å². The van der Waals surface area contributed by atoms with Crippen LogP contribution in [0.3, 0.4) is 0 Å². The summed E-state index contributed by atoms with van der Waals surface area (Å²) in [6, 6.07) is 22.7. The second-order valence-electron chi connectivity index (χ2n) is 8.76. The summed E-state index contributed by atoms with van der Waals surface area (Å²) in [7, 11) is 0. The largest absolute Gasteiger partial charge is 0.343 e. The van der Waals surface area contributed by atoms with Crippen LogP contribution in [0.15, 0.2) is 79.0 Å². The van der Waals surface area contributed by atoms with E-state index in [0.717, 1.165) is 53.5 Å². The Hall–Kier alpha value is -3.11. The quantitative estimate of drug-likeness (QED) is 0.317. The number of amides is 1. The number of carbonyl (C=O) groups is 1. The first-order valence-corrected chi connectivity index (χ1v) is 11.8.